The first-order chi connectivity index (χ1) is 9.99. The number of aromatic nitrogens is 4. The molecular weight excluding hydrogens is 266 g/mol. The molecule has 0 bridgehead atoms. The second-order valence-corrected chi connectivity index (χ2v) is 5.60. The van der Waals surface area contributed by atoms with E-state index in [9.17, 15) is 4.79 Å². The molecule has 1 atom stereocenters. The summed E-state index contributed by atoms with van der Waals surface area (Å²) in [6.45, 7) is 9.19. The van der Waals surface area contributed by atoms with Crippen LogP contribution >= 0.6 is 0 Å². The van der Waals surface area contributed by atoms with Gasteiger partial charge < -0.3 is 9.47 Å². The summed E-state index contributed by atoms with van der Waals surface area (Å²) >= 11 is 0. The Morgan fingerprint density at radius 2 is 2.05 bits per heavy atom. The van der Waals surface area contributed by atoms with E-state index < -0.39 is 0 Å². The second kappa shape index (κ2) is 4.95. The van der Waals surface area contributed by atoms with Gasteiger partial charge in [0.1, 0.15) is 6.33 Å². The summed E-state index contributed by atoms with van der Waals surface area (Å²) < 4.78 is 2.00. The number of rotatable bonds is 1. The van der Waals surface area contributed by atoms with Gasteiger partial charge in [0.15, 0.2) is 5.82 Å². The van der Waals surface area contributed by atoms with Gasteiger partial charge in [0.05, 0.1) is 17.3 Å². The van der Waals surface area contributed by atoms with E-state index in [0.717, 1.165) is 29.3 Å². The van der Waals surface area contributed by atoms with Crippen LogP contribution in [0.4, 0.5) is 0 Å². The first-order valence-corrected chi connectivity index (χ1v) is 7.12. The molecule has 1 unspecified atom stereocenters. The highest BCUT2D eigenvalue weighted by molar-refractivity contribution is 5.97. The van der Waals surface area contributed by atoms with Crippen LogP contribution in [0.5, 0.6) is 0 Å². The quantitative estimate of drug-likeness (QED) is 0.801. The van der Waals surface area contributed by atoms with Crippen LogP contribution in [0.2, 0.25) is 0 Å². The maximum absolute atomic E-state index is 12.9. The van der Waals surface area contributed by atoms with Gasteiger partial charge in [-0.2, -0.15) is 0 Å². The van der Waals surface area contributed by atoms with Crippen molar-refractivity contribution in [1.29, 1.82) is 0 Å². The van der Waals surface area contributed by atoms with E-state index in [-0.39, 0.29) is 11.9 Å². The Bertz CT molecular complexity index is 683. The summed E-state index contributed by atoms with van der Waals surface area (Å²) in [5, 5.41) is 8.06. The highest BCUT2D eigenvalue weighted by atomic mass is 16.2. The van der Waals surface area contributed by atoms with E-state index in [2.05, 4.69) is 15.2 Å². The van der Waals surface area contributed by atoms with Gasteiger partial charge >= 0.3 is 0 Å². The summed E-state index contributed by atoms with van der Waals surface area (Å²) in [5.74, 6) is 0.865. The minimum Gasteiger partial charge on any atom is -0.327 e. The largest absolute Gasteiger partial charge is 0.327 e. The van der Waals surface area contributed by atoms with Crippen molar-refractivity contribution in [2.75, 3.05) is 6.54 Å². The van der Waals surface area contributed by atoms with Crippen molar-refractivity contribution in [2.45, 2.75) is 40.3 Å². The van der Waals surface area contributed by atoms with Gasteiger partial charge in [-0.3, -0.25) is 9.78 Å². The van der Waals surface area contributed by atoms with E-state index >= 15 is 0 Å². The number of hydrogen-bond donors (Lipinski definition) is 0. The molecule has 0 saturated carbocycles. The average molecular weight is 285 g/mol. The van der Waals surface area contributed by atoms with Gasteiger partial charge in [0, 0.05) is 18.8 Å². The molecule has 0 aromatic carbocycles. The molecule has 2 aromatic heterocycles. The van der Waals surface area contributed by atoms with Crippen molar-refractivity contribution in [3.05, 3.63) is 40.7 Å². The predicted molar refractivity (Wildman–Crippen MR) is 77.9 cm³/mol. The zero-order valence-corrected chi connectivity index (χ0v) is 12.8. The normalized spacial score (nSPS) is 17.7. The molecule has 6 nitrogen and oxygen atoms in total. The third-order valence-electron chi connectivity index (χ3n) is 4.07. The topological polar surface area (TPSA) is 63.9 Å². The van der Waals surface area contributed by atoms with Crippen LogP contribution < -0.4 is 0 Å². The number of fused-ring (bicyclic) bond motifs is 1. The Kier molecular flexibility index (Phi) is 3.23. The third kappa shape index (κ3) is 2.20. The third-order valence-corrected chi connectivity index (χ3v) is 4.07. The average Bonchev–Trinajstić information content (AvgIpc) is 2.86. The molecule has 3 rings (SSSR count). The molecule has 1 aliphatic rings. The summed E-state index contributed by atoms with van der Waals surface area (Å²) in [6, 6.07) is 1.88. The molecule has 110 valence electrons. The van der Waals surface area contributed by atoms with Crippen molar-refractivity contribution < 1.29 is 4.79 Å². The maximum Gasteiger partial charge on any atom is 0.256 e. The zero-order valence-electron chi connectivity index (χ0n) is 12.8. The van der Waals surface area contributed by atoms with Crippen LogP contribution in [-0.4, -0.2) is 37.1 Å². The van der Waals surface area contributed by atoms with Crippen LogP contribution in [0.25, 0.3) is 0 Å². The van der Waals surface area contributed by atoms with Crippen molar-refractivity contribution in [3.63, 3.8) is 0 Å². The lowest BCUT2D eigenvalue weighted by molar-refractivity contribution is 0.0635. The minimum atomic E-state index is -0.0751. The predicted octanol–water partition coefficient (Wildman–Crippen LogP) is 1.82. The standard InChI is InChI=1S/C15H19N5O/c1-9-7-10(2)17-11(3)13(9)15(21)20-6-5-19-8-16-18-14(19)12(20)4/h7-8,12H,5-6H2,1-4H3. The van der Waals surface area contributed by atoms with Crippen LogP contribution in [0.3, 0.4) is 0 Å². The van der Waals surface area contributed by atoms with Gasteiger partial charge in [-0.05, 0) is 39.3 Å². The Morgan fingerprint density at radius 1 is 1.29 bits per heavy atom. The fraction of sp³-hybridized carbons (Fsp3) is 0.467. The molecule has 0 aliphatic carbocycles. The number of amides is 1. The van der Waals surface area contributed by atoms with Crippen LogP contribution in [-0.2, 0) is 6.54 Å². The van der Waals surface area contributed by atoms with E-state index in [0.29, 0.717) is 12.1 Å². The fourth-order valence-electron chi connectivity index (χ4n) is 3.08. The molecule has 3 heterocycles. The highest BCUT2D eigenvalue weighted by Gasteiger charge is 2.31. The second-order valence-electron chi connectivity index (χ2n) is 5.60. The number of aryl methyl sites for hydroxylation is 3. The Hall–Kier alpha value is -2.24. The van der Waals surface area contributed by atoms with E-state index in [4.69, 9.17) is 0 Å². The molecule has 0 N–H and O–H groups in total. The highest BCUT2D eigenvalue weighted by Crippen LogP contribution is 2.26. The number of pyridine rings is 1. The molecule has 0 radical (unpaired) electrons. The van der Waals surface area contributed by atoms with E-state index in [1.807, 2.05) is 43.2 Å². The van der Waals surface area contributed by atoms with Crippen molar-refractivity contribution in [2.24, 2.45) is 0 Å². The molecule has 6 heteroatoms. The van der Waals surface area contributed by atoms with Crippen LogP contribution in [0.15, 0.2) is 12.4 Å². The summed E-state index contributed by atoms with van der Waals surface area (Å²) in [6.07, 6.45) is 1.72. The molecule has 1 amide bonds. The first kappa shape index (κ1) is 13.7. The van der Waals surface area contributed by atoms with Gasteiger partial charge in [0.2, 0.25) is 0 Å². The van der Waals surface area contributed by atoms with Crippen molar-refractivity contribution >= 4 is 5.91 Å². The minimum absolute atomic E-state index is 0.0271. The van der Waals surface area contributed by atoms with Gasteiger partial charge in [-0.25, -0.2) is 0 Å². The molecule has 2 aromatic rings. The smallest absolute Gasteiger partial charge is 0.256 e. The molecule has 0 fully saturated rings. The molecule has 21 heavy (non-hydrogen) atoms. The zero-order chi connectivity index (χ0) is 15.1. The number of nitrogens with zero attached hydrogens (tertiary/aromatic N) is 5. The lowest BCUT2D eigenvalue weighted by Gasteiger charge is -2.33. The van der Waals surface area contributed by atoms with Gasteiger partial charge in [-0.15, -0.1) is 10.2 Å². The lowest BCUT2D eigenvalue weighted by Crippen LogP contribution is -2.41. The van der Waals surface area contributed by atoms with Gasteiger partial charge in [-0.1, -0.05) is 0 Å². The fourth-order valence-corrected chi connectivity index (χ4v) is 3.08. The van der Waals surface area contributed by atoms with Gasteiger partial charge in [0.25, 0.3) is 5.91 Å². The maximum atomic E-state index is 12.9. The number of carbonyl (C=O) groups is 1. The lowest BCUT2D eigenvalue weighted by atomic mass is 10.0. The molecule has 0 saturated heterocycles. The summed E-state index contributed by atoms with van der Waals surface area (Å²) in [4.78, 5) is 19.2. The van der Waals surface area contributed by atoms with Crippen molar-refractivity contribution in [3.8, 4) is 0 Å². The Labute approximate surface area is 123 Å². The molecule has 0 spiro atoms. The van der Waals surface area contributed by atoms with E-state index in [1.165, 1.54) is 0 Å². The number of hydrogen-bond acceptors (Lipinski definition) is 4. The Morgan fingerprint density at radius 3 is 2.76 bits per heavy atom. The van der Waals surface area contributed by atoms with Crippen LogP contribution in [0.1, 0.15) is 46.1 Å². The SMILES string of the molecule is Cc1cc(C)c(C(=O)N2CCn3cnnc3C2C)c(C)n1. The summed E-state index contributed by atoms with van der Waals surface area (Å²) in [5.41, 5.74) is 3.41. The monoisotopic (exact) mass is 285 g/mol. The van der Waals surface area contributed by atoms with Crippen LogP contribution in [0, 0.1) is 20.8 Å². The van der Waals surface area contributed by atoms with E-state index in [1.54, 1.807) is 6.33 Å². The molecule has 1 aliphatic heterocycles. The van der Waals surface area contributed by atoms with Crippen molar-refractivity contribution in [1.82, 2.24) is 24.6 Å². The Balaban J connectivity index is 1.97. The summed E-state index contributed by atoms with van der Waals surface area (Å²) in [7, 11) is 0. The number of carbonyl (C=O) groups excluding carboxylic acids is 1. The molecular formula is C15H19N5O. The first-order valence-electron chi connectivity index (χ1n) is 7.12.